The molecule has 3 N–H and O–H groups in total. The molecule has 0 atom stereocenters. The summed E-state index contributed by atoms with van der Waals surface area (Å²) in [5.41, 5.74) is -1.40. The van der Waals surface area contributed by atoms with Crippen molar-refractivity contribution < 1.29 is 24.5 Å². The van der Waals surface area contributed by atoms with Gasteiger partial charge < -0.3 is 15.3 Å². The first-order valence-electron chi connectivity index (χ1n) is 5.54. The number of carboxylic acids is 1. The monoisotopic (exact) mass is 318 g/mol. The highest BCUT2D eigenvalue weighted by molar-refractivity contribution is 9.10. The van der Waals surface area contributed by atoms with Gasteiger partial charge in [-0.2, -0.15) is 0 Å². The number of hydrogen-bond acceptors (Lipinski definition) is 3. The number of benzene rings is 1. The quantitative estimate of drug-likeness (QED) is 0.733. The van der Waals surface area contributed by atoms with Gasteiger partial charge >= 0.3 is 5.97 Å². The van der Waals surface area contributed by atoms with Gasteiger partial charge in [0.05, 0.1) is 9.89 Å². The summed E-state index contributed by atoms with van der Waals surface area (Å²) in [5.74, 6) is -3.10. The van der Waals surface area contributed by atoms with Crippen LogP contribution in [0.25, 0.3) is 0 Å². The minimum absolute atomic E-state index is 0.0648. The van der Waals surface area contributed by atoms with Crippen molar-refractivity contribution in [3.8, 4) is 11.5 Å². The van der Waals surface area contributed by atoms with Gasteiger partial charge in [-0.15, -0.1) is 0 Å². The molecule has 2 rings (SSSR count). The summed E-state index contributed by atoms with van der Waals surface area (Å²) in [6, 6.07) is 0.757. The van der Waals surface area contributed by atoms with E-state index >= 15 is 0 Å². The van der Waals surface area contributed by atoms with Gasteiger partial charge in [-0.25, -0.2) is 4.39 Å². The van der Waals surface area contributed by atoms with E-state index in [1.807, 2.05) is 0 Å². The van der Waals surface area contributed by atoms with E-state index in [1.54, 1.807) is 0 Å². The number of aliphatic carboxylic acids is 1. The van der Waals surface area contributed by atoms with Gasteiger partial charge in [0.15, 0.2) is 11.5 Å². The summed E-state index contributed by atoms with van der Waals surface area (Å²) in [4.78, 5) is 11.5. The molecule has 0 saturated heterocycles. The lowest BCUT2D eigenvalue weighted by atomic mass is 9.78. The van der Waals surface area contributed by atoms with Crippen molar-refractivity contribution in [2.45, 2.75) is 31.1 Å². The van der Waals surface area contributed by atoms with Crippen molar-refractivity contribution >= 4 is 21.9 Å². The zero-order chi connectivity index (χ0) is 13.5. The molecule has 0 aromatic heterocycles. The van der Waals surface area contributed by atoms with Crippen LogP contribution in [0.15, 0.2) is 10.5 Å². The summed E-state index contributed by atoms with van der Waals surface area (Å²) in [6.45, 7) is 0. The van der Waals surface area contributed by atoms with Crippen LogP contribution in [0.4, 0.5) is 4.39 Å². The molecule has 0 bridgehead atoms. The first-order chi connectivity index (χ1) is 8.40. The van der Waals surface area contributed by atoms with E-state index in [4.69, 9.17) is 0 Å². The van der Waals surface area contributed by atoms with Crippen LogP contribution in [0, 0.1) is 5.82 Å². The predicted molar refractivity (Wildman–Crippen MR) is 65.2 cm³/mol. The van der Waals surface area contributed by atoms with Gasteiger partial charge in [0, 0.05) is 11.6 Å². The molecule has 1 aliphatic rings. The van der Waals surface area contributed by atoms with Crippen molar-refractivity contribution in [3.05, 3.63) is 21.9 Å². The first kappa shape index (κ1) is 13.1. The second kappa shape index (κ2) is 4.42. The molecular weight excluding hydrogens is 307 g/mol. The fourth-order valence-electron chi connectivity index (χ4n) is 2.59. The van der Waals surface area contributed by atoms with Gasteiger partial charge in [0.2, 0.25) is 0 Å². The van der Waals surface area contributed by atoms with E-state index in [2.05, 4.69) is 15.9 Å². The zero-order valence-corrected chi connectivity index (χ0v) is 11.0. The third-order valence-corrected chi connectivity index (χ3v) is 4.29. The van der Waals surface area contributed by atoms with Crippen molar-refractivity contribution in [1.82, 2.24) is 0 Å². The summed E-state index contributed by atoms with van der Waals surface area (Å²) in [6.07, 6.45) is 2.01. The maximum absolute atomic E-state index is 13.6. The topological polar surface area (TPSA) is 77.8 Å². The molecule has 0 amide bonds. The largest absolute Gasteiger partial charge is 0.504 e. The highest BCUT2D eigenvalue weighted by Gasteiger charge is 2.47. The van der Waals surface area contributed by atoms with Crippen LogP contribution >= 0.6 is 15.9 Å². The predicted octanol–water partition coefficient (Wildman–Crippen LogP) is 2.90. The molecule has 0 unspecified atom stereocenters. The molecular formula is C12H12BrFO4. The van der Waals surface area contributed by atoms with Crippen molar-refractivity contribution in [3.63, 3.8) is 0 Å². The lowest BCUT2D eigenvalue weighted by Gasteiger charge is -2.26. The zero-order valence-electron chi connectivity index (χ0n) is 9.41. The number of carboxylic acid groups (broad SMARTS) is 1. The molecule has 18 heavy (non-hydrogen) atoms. The Morgan fingerprint density at radius 3 is 2.39 bits per heavy atom. The second-order valence-corrected chi connectivity index (χ2v) is 5.30. The highest BCUT2D eigenvalue weighted by atomic mass is 79.9. The van der Waals surface area contributed by atoms with Crippen LogP contribution in [-0.4, -0.2) is 21.3 Å². The lowest BCUT2D eigenvalue weighted by molar-refractivity contribution is -0.143. The van der Waals surface area contributed by atoms with E-state index < -0.39 is 28.7 Å². The Morgan fingerprint density at radius 1 is 1.33 bits per heavy atom. The van der Waals surface area contributed by atoms with E-state index in [0.717, 1.165) is 6.07 Å². The minimum atomic E-state index is -1.33. The number of phenols is 2. The van der Waals surface area contributed by atoms with Crippen LogP contribution in [0.3, 0.4) is 0 Å². The minimum Gasteiger partial charge on any atom is -0.504 e. The summed E-state index contributed by atoms with van der Waals surface area (Å²) < 4.78 is 13.5. The maximum atomic E-state index is 13.6. The molecule has 0 radical (unpaired) electrons. The Bertz CT molecular complexity index is 483. The lowest BCUT2D eigenvalue weighted by Crippen LogP contribution is -2.33. The molecule has 1 saturated carbocycles. The average molecular weight is 319 g/mol. The average Bonchev–Trinajstić information content (AvgIpc) is 2.77. The van der Waals surface area contributed by atoms with Crippen LogP contribution in [0.2, 0.25) is 0 Å². The van der Waals surface area contributed by atoms with Gasteiger partial charge in [-0.3, -0.25) is 4.79 Å². The van der Waals surface area contributed by atoms with Crippen LogP contribution in [0.5, 0.6) is 11.5 Å². The molecule has 98 valence electrons. The Balaban J connectivity index is 2.73. The number of halogens is 2. The Labute approximate surface area is 111 Å². The summed E-state index contributed by atoms with van der Waals surface area (Å²) in [7, 11) is 0. The molecule has 1 aromatic carbocycles. The SMILES string of the molecule is O=C(O)C1(c2c(O)c(O)cc(F)c2Br)CCCC1. The summed E-state index contributed by atoms with van der Waals surface area (Å²) >= 11 is 2.97. The van der Waals surface area contributed by atoms with Crippen LogP contribution in [-0.2, 0) is 10.2 Å². The second-order valence-electron chi connectivity index (χ2n) is 4.51. The Morgan fingerprint density at radius 2 is 1.89 bits per heavy atom. The molecule has 4 nitrogen and oxygen atoms in total. The van der Waals surface area contributed by atoms with E-state index in [1.165, 1.54) is 0 Å². The molecule has 6 heteroatoms. The number of hydrogen-bond donors (Lipinski definition) is 3. The fraction of sp³-hybridized carbons (Fsp3) is 0.417. The van der Waals surface area contributed by atoms with Crippen molar-refractivity contribution in [1.29, 1.82) is 0 Å². The molecule has 0 heterocycles. The smallest absolute Gasteiger partial charge is 0.314 e. The van der Waals surface area contributed by atoms with Crippen LogP contribution in [0.1, 0.15) is 31.2 Å². The molecule has 1 aromatic rings. The standard InChI is InChI=1S/C12H12BrFO4/c13-9-6(14)5-7(15)10(16)8(9)12(11(17)18)3-1-2-4-12/h5,15-16H,1-4H2,(H,17,18). The van der Waals surface area contributed by atoms with Crippen molar-refractivity contribution in [2.24, 2.45) is 0 Å². The van der Waals surface area contributed by atoms with E-state index in [-0.39, 0.29) is 10.0 Å². The Hall–Kier alpha value is -1.30. The highest BCUT2D eigenvalue weighted by Crippen LogP contribution is 2.50. The Kier molecular flexibility index (Phi) is 3.23. The number of aromatic hydroxyl groups is 2. The van der Waals surface area contributed by atoms with Gasteiger partial charge in [0.25, 0.3) is 0 Å². The third-order valence-electron chi connectivity index (χ3n) is 3.52. The molecule has 0 aliphatic heterocycles. The first-order valence-corrected chi connectivity index (χ1v) is 6.33. The number of carbonyl (C=O) groups is 1. The molecule has 0 spiro atoms. The molecule has 1 fully saturated rings. The fourth-order valence-corrected chi connectivity index (χ4v) is 3.27. The maximum Gasteiger partial charge on any atom is 0.314 e. The molecule has 1 aliphatic carbocycles. The van der Waals surface area contributed by atoms with Gasteiger partial charge in [-0.1, -0.05) is 12.8 Å². The third kappa shape index (κ3) is 1.75. The van der Waals surface area contributed by atoms with Crippen LogP contribution < -0.4 is 0 Å². The van der Waals surface area contributed by atoms with E-state index in [9.17, 15) is 24.5 Å². The number of phenolic OH excluding ortho intramolecular Hbond substituents is 2. The summed E-state index contributed by atoms with van der Waals surface area (Å²) in [5, 5.41) is 28.7. The van der Waals surface area contributed by atoms with Gasteiger partial charge in [-0.05, 0) is 28.8 Å². The van der Waals surface area contributed by atoms with E-state index in [0.29, 0.717) is 25.7 Å². The van der Waals surface area contributed by atoms with Gasteiger partial charge in [0.1, 0.15) is 5.82 Å². The number of rotatable bonds is 2. The van der Waals surface area contributed by atoms with Crippen molar-refractivity contribution in [2.75, 3.05) is 0 Å². The normalized spacial score (nSPS) is 17.9.